The molecule has 2 N–H and O–H groups in total. The number of amides is 1. The Morgan fingerprint density at radius 1 is 1.31 bits per heavy atom. The van der Waals surface area contributed by atoms with E-state index in [1.54, 1.807) is 0 Å². The summed E-state index contributed by atoms with van der Waals surface area (Å²) in [5.74, 6) is 0.0841. The first-order valence-corrected chi connectivity index (χ1v) is 8.85. The van der Waals surface area contributed by atoms with Gasteiger partial charge in [0.15, 0.2) is 8.32 Å². The molecule has 1 atom stereocenters. The Morgan fingerprint density at radius 2 is 1.75 bits per heavy atom. The molecule has 0 aliphatic heterocycles. The topological polar surface area (TPSA) is 52.3 Å². The van der Waals surface area contributed by atoms with E-state index in [9.17, 15) is 4.79 Å². The summed E-state index contributed by atoms with van der Waals surface area (Å²) in [5.41, 5.74) is 5.39. The van der Waals surface area contributed by atoms with Gasteiger partial charge in [0.1, 0.15) is 6.10 Å². The van der Waals surface area contributed by atoms with Crippen molar-refractivity contribution < 1.29 is 9.22 Å². The molecule has 0 aromatic carbocycles. The summed E-state index contributed by atoms with van der Waals surface area (Å²) in [7, 11) is -1.90. The van der Waals surface area contributed by atoms with E-state index in [1.807, 2.05) is 0 Å². The summed E-state index contributed by atoms with van der Waals surface area (Å²) < 4.78 is 6.04. The van der Waals surface area contributed by atoms with Crippen molar-refractivity contribution in [3.63, 3.8) is 0 Å². The molecule has 0 radical (unpaired) electrons. The van der Waals surface area contributed by atoms with Crippen molar-refractivity contribution in [2.24, 2.45) is 11.7 Å². The molecule has 0 aromatic rings. The maximum Gasteiger partial charge on any atom is 0.245 e. The van der Waals surface area contributed by atoms with Crippen LogP contribution in [-0.4, -0.2) is 20.3 Å². The second-order valence-electron chi connectivity index (χ2n) is 6.40. The lowest BCUT2D eigenvalue weighted by Crippen LogP contribution is -2.48. The first-order chi connectivity index (χ1) is 6.97. The molecule has 1 amide bonds. The minimum absolute atomic E-state index is 0.109. The predicted molar refractivity (Wildman–Crippen MR) is 70.7 cm³/mol. The number of nitrogens with two attached hydrogens (primary N) is 1. The molecule has 0 saturated carbocycles. The third-order valence-corrected chi connectivity index (χ3v) is 7.73. The van der Waals surface area contributed by atoms with Gasteiger partial charge in [0.05, 0.1) is 0 Å². The maximum atomic E-state index is 11.4. The van der Waals surface area contributed by atoms with Crippen molar-refractivity contribution in [3.8, 4) is 0 Å². The summed E-state index contributed by atoms with van der Waals surface area (Å²) in [6, 6.07) is 0. The van der Waals surface area contributed by atoms with Crippen LogP contribution in [0.5, 0.6) is 0 Å². The van der Waals surface area contributed by atoms with Crippen molar-refractivity contribution in [1.82, 2.24) is 0 Å². The van der Waals surface area contributed by atoms with Crippen molar-refractivity contribution in [2.75, 3.05) is 0 Å². The van der Waals surface area contributed by atoms with E-state index in [4.69, 9.17) is 10.2 Å². The Kier molecular flexibility index (Phi) is 5.20. The zero-order valence-electron chi connectivity index (χ0n) is 11.8. The fraction of sp³-hybridized carbons (Fsp3) is 0.917. The highest BCUT2D eigenvalue weighted by Gasteiger charge is 2.40. The second-order valence-corrected chi connectivity index (χ2v) is 11.2. The number of carbonyl (C=O) groups excluding carboxylic acids is 1. The summed E-state index contributed by atoms with van der Waals surface area (Å²) in [5, 5.41) is 0.109. The highest BCUT2D eigenvalue weighted by Crippen LogP contribution is 2.37. The Labute approximate surface area is 101 Å². The molecule has 96 valence electrons. The van der Waals surface area contributed by atoms with Crippen LogP contribution in [0.3, 0.4) is 0 Å². The Bertz CT molecular complexity index is 244. The minimum atomic E-state index is -1.90. The molecule has 0 aromatic heterocycles. The molecule has 0 fully saturated rings. The van der Waals surface area contributed by atoms with Gasteiger partial charge in [-0.25, -0.2) is 0 Å². The highest BCUT2D eigenvalue weighted by molar-refractivity contribution is 6.74. The number of carbonyl (C=O) groups is 1. The Balaban J connectivity index is 4.69. The SMILES string of the molecule is CC(C)CC(O[Si](C)(C)C(C)(C)C)C(N)=O. The fourth-order valence-corrected chi connectivity index (χ4v) is 2.46. The quantitative estimate of drug-likeness (QED) is 0.757. The van der Waals surface area contributed by atoms with Gasteiger partial charge < -0.3 is 10.2 Å². The molecule has 4 heteroatoms. The van der Waals surface area contributed by atoms with Crippen LogP contribution in [0.2, 0.25) is 18.1 Å². The summed E-state index contributed by atoms with van der Waals surface area (Å²) in [6.07, 6.45) is 0.280. The van der Waals surface area contributed by atoms with Crippen LogP contribution in [0.1, 0.15) is 41.0 Å². The third kappa shape index (κ3) is 4.66. The van der Waals surface area contributed by atoms with Crippen LogP contribution < -0.4 is 5.73 Å². The molecule has 0 aliphatic carbocycles. The first kappa shape index (κ1) is 15.6. The molecule has 0 aliphatic rings. The smallest absolute Gasteiger partial charge is 0.245 e. The normalized spacial score (nSPS) is 15.2. The molecule has 1 unspecified atom stereocenters. The van der Waals surface area contributed by atoms with Gasteiger partial charge >= 0.3 is 0 Å². The number of rotatable bonds is 5. The zero-order chi connectivity index (χ0) is 13.1. The van der Waals surface area contributed by atoms with Crippen molar-refractivity contribution in [3.05, 3.63) is 0 Å². The summed E-state index contributed by atoms with van der Waals surface area (Å²) in [4.78, 5) is 11.4. The lowest BCUT2D eigenvalue weighted by molar-refractivity contribution is -0.125. The molecule has 0 rings (SSSR count). The lowest BCUT2D eigenvalue weighted by Gasteiger charge is -2.38. The fourth-order valence-electron chi connectivity index (χ4n) is 1.18. The van der Waals surface area contributed by atoms with E-state index in [1.165, 1.54) is 0 Å². The summed E-state index contributed by atoms with van der Waals surface area (Å²) in [6.45, 7) is 14.9. The predicted octanol–water partition coefficient (Wildman–Crippen LogP) is 2.91. The van der Waals surface area contributed by atoms with Crippen molar-refractivity contribution in [2.45, 2.75) is 65.3 Å². The van der Waals surface area contributed by atoms with Crippen LogP contribution in [-0.2, 0) is 9.22 Å². The van der Waals surface area contributed by atoms with Crippen LogP contribution in [0.4, 0.5) is 0 Å². The lowest BCUT2D eigenvalue weighted by atomic mass is 10.1. The number of hydrogen-bond donors (Lipinski definition) is 1. The average molecular weight is 245 g/mol. The van der Waals surface area contributed by atoms with Gasteiger partial charge in [0.25, 0.3) is 0 Å². The molecule has 0 spiro atoms. The maximum absolute atomic E-state index is 11.4. The molecule has 0 heterocycles. The van der Waals surface area contributed by atoms with Crippen molar-refractivity contribution >= 4 is 14.2 Å². The minimum Gasteiger partial charge on any atom is -0.405 e. The molecule has 3 nitrogen and oxygen atoms in total. The highest BCUT2D eigenvalue weighted by atomic mass is 28.4. The second kappa shape index (κ2) is 5.32. The van der Waals surface area contributed by atoms with Gasteiger partial charge in [0.2, 0.25) is 5.91 Å². The Hall–Kier alpha value is -0.353. The van der Waals surface area contributed by atoms with E-state index in [0.717, 1.165) is 0 Å². The standard InChI is InChI=1S/C12H27NO2Si/c1-9(2)8-10(11(13)14)15-16(6,7)12(3,4)5/h9-10H,8H2,1-7H3,(H2,13,14). The molecular formula is C12H27NO2Si. The van der Waals surface area contributed by atoms with E-state index >= 15 is 0 Å². The van der Waals surface area contributed by atoms with Crippen LogP contribution in [0, 0.1) is 5.92 Å². The molecule has 16 heavy (non-hydrogen) atoms. The van der Waals surface area contributed by atoms with Crippen LogP contribution in [0.15, 0.2) is 0 Å². The molecule has 0 saturated heterocycles. The Morgan fingerprint density at radius 3 is 2.00 bits per heavy atom. The van der Waals surface area contributed by atoms with E-state index in [0.29, 0.717) is 12.3 Å². The molecular weight excluding hydrogens is 218 g/mol. The van der Waals surface area contributed by atoms with Gasteiger partial charge in [-0.1, -0.05) is 34.6 Å². The summed E-state index contributed by atoms with van der Waals surface area (Å²) >= 11 is 0. The monoisotopic (exact) mass is 245 g/mol. The zero-order valence-corrected chi connectivity index (χ0v) is 12.8. The van der Waals surface area contributed by atoms with Gasteiger partial charge in [-0.05, 0) is 30.5 Å². The van der Waals surface area contributed by atoms with Gasteiger partial charge in [-0.15, -0.1) is 0 Å². The van der Waals surface area contributed by atoms with E-state index < -0.39 is 14.4 Å². The number of primary amides is 1. The van der Waals surface area contributed by atoms with E-state index in [2.05, 4.69) is 47.7 Å². The van der Waals surface area contributed by atoms with Crippen molar-refractivity contribution in [1.29, 1.82) is 0 Å². The van der Waals surface area contributed by atoms with Crippen LogP contribution in [0.25, 0.3) is 0 Å². The largest absolute Gasteiger partial charge is 0.405 e. The number of hydrogen-bond acceptors (Lipinski definition) is 2. The van der Waals surface area contributed by atoms with E-state index in [-0.39, 0.29) is 10.9 Å². The third-order valence-electron chi connectivity index (χ3n) is 3.25. The average Bonchev–Trinajstić information content (AvgIpc) is 1.98. The van der Waals surface area contributed by atoms with Gasteiger partial charge in [0, 0.05) is 0 Å². The molecule has 0 bridgehead atoms. The van der Waals surface area contributed by atoms with Gasteiger partial charge in [-0.2, -0.15) is 0 Å². The van der Waals surface area contributed by atoms with Crippen LogP contribution >= 0.6 is 0 Å². The van der Waals surface area contributed by atoms with Gasteiger partial charge in [-0.3, -0.25) is 4.79 Å². The first-order valence-electron chi connectivity index (χ1n) is 5.94.